The van der Waals surface area contributed by atoms with Gasteiger partial charge < -0.3 is 15.0 Å². The van der Waals surface area contributed by atoms with E-state index in [-0.39, 0.29) is 0 Å². The Morgan fingerprint density at radius 3 is 2.36 bits per heavy atom. The molecule has 0 spiro atoms. The van der Waals surface area contributed by atoms with Crippen molar-refractivity contribution < 1.29 is 4.74 Å². The zero-order chi connectivity index (χ0) is 17.2. The highest BCUT2D eigenvalue weighted by Gasteiger charge is 2.36. The Bertz CT molecular complexity index is 561. The van der Waals surface area contributed by atoms with Crippen LogP contribution >= 0.6 is 0 Å². The molecule has 3 aliphatic rings. The average molecular weight is 345 g/mol. The minimum absolute atomic E-state index is 0.493. The van der Waals surface area contributed by atoms with Gasteiger partial charge in [0.25, 0.3) is 0 Å². The van der Waals surface area contributed by atoms with E-state index in [1.807, 2.05) is 19.9 Å². The van der Waals surface area contributed by atoms with Crippen molar-refractivity contribution >= 4 is 5.95 Å². The molecular formula is C19H31N5O. The SMILES string of the molecule is Cc1cc(C)nc(N2CCC(N[C@H]3COC[C@@H]3N3CCCC3)CC2)n1. The summed E-state index contributed by atoms with van der Waals surface area (Å²) < 4.78 is 5.81. The lowest BCUT2D eigenvalue weighted by Gasteiger charge is -2.36. The zero-order valence-corrected chi connectivity index (χ0v) is 15.6. The van der Waals surface area contributed by atoms with Crippen LogP contribution in [0.25, 0.3) is 0 Å². The fourth-order valence-corrected chi connectivity index (χ4v) is 4.53. The van der Waals surface area contributed by atoms with E-state index in [2.05, 4.69) is 25.1 Å². The van der Waals surface area contributed by atoms with Gasteiger partial charge in [0.15, 0.2) is 0 Å². The van der Waals surface area contributed by atoms with Crippen LogP contribution in [0.5, 0.6) is 0 Å². The minimum atomic E-state index is 0.493. The molecule has 0 aliphatic carbocycles. The Kier molecular flexibility index (Phi) is 5.20. The lowest BCUT2D eigenvalue weighted by Crippen LogP contribution is -2.54. The molecule has 0 amide bonds. The van der Waals surface area contributed by atoms with Crippen molar-refractivity contribution in [1.29, 1.82) is 0 Å². The van der Waals surface area contributed by atoms with E-state index in [0.29, 0.717) is 18.1 Å². The smallest absolute Gasteiger partial charge is 0.225 e. The molecular weight excluding hydrogens is 314 g/mol. The average Bonchev–Trinajstić information content (AvgIpc) is 3.25. The van der Waals surface area contributed by atoms with Crippen LogP contribution in [-0.2, 0) is 4.74 Å². The summed E-state index contributed by atoms with van der Waals surface area (Å²) in [6.45, 7) is 10.4. The summed E-state index contributed by atoms with van der Waals surface area (Å²) in [6.07, 6.45) is 4.99. The molecule has 1 N–H and O–H groups in total. The summed E-state index contributed by atoms with van der Waals surface area (Å²) in [6, 6.07) is 3.69. The minimum Gasteiger partial charge on any atom is -0.378 e. The first-order valence-corrected chi connectivity index (χ1v) is 9.84. The van der Waals surface area contributed by atoms with Crippen molar-refractivity contribution in [2.75, 3.05) is 44.3 Å². The number of rotatable bonds is 4. The van der Waals surface area contributed by atoms with Gasteiger partial charge in [0, 0.05) is 36.6 Å². The van der Waals surface area contributed by atoms with Crippen LogP contribution in [0.4, 0.5) is 5.95 Å². The number of piperidine rings is 1. The van der Waals surface area contributed by atoms with Gasteiger partial charge in [0.2, 0.25) is 5.95 Å². The highest BCUT2D eigenvalue weighted by atomic mass is 16.5. The molecule has 0 aromatic carbocycles. The van der Waals surface area contributed by atoms with E-state index in [1.165, 1.54) is 25.9 Å². The second-order valence-electron chi connectivity index (χ2n) is 7.83. The maximum absolute atomic E-state index is 5.81. The first kappa shape index (κ1) is 17.2. The van der Waals surface area contributed by atoms with Gasteiger partial charge in [-0.25, -0.2) is 9.97 Å². The molecule has 2 atom stereocenters. The molecule has 3 fully saturated rings. The third-order valence-corrected chi connectivity index (χ3v) is 5.86. The largest absolute Gasteiger partial charge is 0.378 e. The number of hydrogen-bond donors (Lipinski definition) is 1. The quantitative estimate of drug-likeness (QED) is 0.893. The summed E-state index contributed by atoms with van der Waals surface area (Å²) in [5.41, 5.74) is 2.11. The van der Waals surface area contributed by atoms with Gasteiger partial charge in [-0.15, -0.1) is 0 Å². The van der Waals surface area contributed by atoms with Crippen molar-refractivity contribution in [1.82, 2.24) is 20.2 Å². The third kappa shape index (κ3) is 3.96. The van der Waals surface area contributed by atoms with Gasteiger partial charge >= 0.3 is 0 Å². The van der Waals surface area contributed by atoms with Crippen LogP contribution in [-0.4, -0.2) is 72.4 Å². The molecule has 138 valence electrons. The molecule has 1 aromatic heterocycles. The van der Waals surface area contributed by atoms with Gasteiger partial charge in [0.1, 0.15) is 0 Å². The van der Waals surface area contributed by atoms with Crippen molar-refractivity contribution in [3.8, 4) is 0 Å². The van der Waals surface area contributed by atoms with Crippen LogP contribution in [0.15, 0.2) is 6.07 Å². The lowest BCUT2D eigenvalue weighted by atomic mass is 10.0. The fraction of sp³-hybridized carbons (Fsp3) is 0.789. The molecule has 0 saturated carbocycles. The number of nitrogens with one attached hydrogen (secondary N) is 1. The normalized spacial score (nSPS) is 28.8. The van der Waals surface area contributed by atoms with E-state index in [1.54, 1.807) is 0 Å². The molecule has 3 aliphatic heterocycles. The first-order chi connectivity index (χ1) is 12.2. The summed E-state index contributed by atoms with van der Waals surface area (Å²) >= 11 is 0. The van der Waals surface area contributed by atoms with Crippen molar-refractivity contribution in [2.24, 2.45) is 0 Å². The van der Waals surface area contributed by atoms with E-state index in [4.69, 9.17) is 4.74 Å². The lowest BCUT2D eigenvalue weighted by molar-refractivity contribution is 0.158. The van der Waals surface area contributed by atoms with Crippen LogP contribution in [0.2, 0.25) is 0 Å². The molecule has 6 heteroatoms. The van der Waals surface area contributed by atoms with E-state index < -0.39 is 0 Å². The number of ether oxygens (including phenoxy) is 1. The molecule has 0 bridgehead atoms. The number of likely N-dealkylation sites (tertiary alicyclic amines) is 1. The Hall–Kier alpha value is -1.24. The highest BCUT2D eigenvalue weighted by Crippen LogP contribution is 2.22. The molecule has 6 nitrogen and oxygen atoms in total. The molecule has 0 unspecified atom stereocenters. The fourth-order valence-electron chi connectivity index (χ4n) is 4.53. The van der Waals surface area contributed by atoms with Crippen molar-refractivity contribution in [3.05, 3.63) is 17.5 Å². The summed E-state index contributed by atoms with van der Waals surface area (Å²) in [5.74, 6) is 0.898. The first-order valence-electron chi connectivity index (χ1n) is 9.84. The van der Waals surface area contributed by atoms with E-state index in [0.717, 1.165) is 56.5 Å². The third-order valence-electron chi connectivity index (χ3n) is 5.86. The molecule has 4 rings (SSSR count). The van der Waals surface area contributed by atoms with Gasteiger partial charge in [-0.05, 0) is 58.7 Å². The molecule has 1 aromatic rings. The van der Waals surface area contributed by atoms with E-state index in [9.17, 15) is 0 Å². The van der Waals surface area contributed by atoms with Crippen LogP contribution in [0, 0.1) is 13.8 Å². The number of hydrogen-bond acceptors (Lipinski definition) is 6. The second kappa shape index (κ2) is 7.56. The Morgan fingerprint density at radius 2 is 1.68 bits per heavy atom. The van der Waals surface area contributed by atoms with Gasteiger partial charge in [-0.1, -0.05) is 0 Å². The molecule has 4 heterocycles. The number of anilines is 1. The number of nitrogens with zero attached hydrogens (tertiary/aromatic N) is 4. The number of aryl methyl sites for hydroxylation is 2. The monoisotopic (exact) mass is 345 g/mol. The Labute approximate surface area is 151 Å². The topological polar surface area (TPSA) is 53.5 Å². The highest BCUT2D eigenvalue weighted by molar-refractivity contribution is 5.32. The van der Waals surface area contributed by atoms with Gasteiger partial charge in [-0.3, -0.25) is 4.90 Å². The van der Waals surface area contributed by atoms with Crippen molar-refractivity contribution in [3.63, 3.8) is 0 Å². The predicted molar refractivity (Wildman–Crippen MR) is 99.1 cm³/mol. The molecule has 25 heavy (non-hydrogen) atoms. The number of aromatic nitrogens is 2. The van der Waals surface area contributed by atoms with Crippen LogP contribution < -0.4 is 10.2 Å². The maximum atomic E-state index is 5.81. The zero-order valence-electron chi connectivity index (χ0n) is 15.6. The van der Waals surface area contributed by atoms with Crippen molar-refractivity contribution in [2.45, 2.75) is 57.7 Å². The van der Waals surface area contributed by atoms with Gasteiger partial charge in [-0.2, -0.15) is 0 Å². The molecule has 0 radical (unpaired) electrons. The van der Waals surface area contributed by atoms with E-state index >= 15 is 0 Å². The predicted octanol–water partition coefficient (Wildman–Crippen LogP) is 1.52. The van der Waals surface area contributed by atoms with Gasteiger partial charge in [0.05, 0.1) is 19.3 Å². The molecule has 3 saturated heterocycles. The maximum Gasteiger partial charge on any atom is 0.225 e. The standard InChI is InChI=1S/C19H31N5O/c1-14-11-15(2)21-19(20-14)24-9-5-16(6-10-24)22-17-12-25-13-18(17)23-7-3-4-8-23/h11,16-18,22H,3-10,12-13H2,1-2H3/t17-,18-/m0/s1. The second-order valence-corrected chi connectivity index (χ2v) is 7.83. The summed E-state index contributed by atoms with van der Waals surface area (Å²) in [5, 5.41) is 3.91. The Balaban J connectivity index is 1.31. The van der Waals surface area contributed by atoms with Crippen LogP contribution in [0.3, 0.4) is 0 Å². The summed E-state index contributed by atoms with van der Waals surface area (Å²) in [7, 11) is 0. The Morgan fingerprint density at radius 1 is 1.00 bits per heavy atom. The van der Waals surface area contributed by atoms with Crippen LogP contribution in [0.1, 0.15) is 37.1 Å². The summed E-state index contributed by atoms with van der Waals surface area (Å²) in [4.78, 5) is 14.2.